The van der Waals surface area contributed by atoms with Crippen molar-refractivity contribution < 1.29 is 17.9 Å². The van der Waals surface area contributed by atoms with E-state index < -0.39 is 15.9 Å². The third-order valence-electron chi connectivity index (χ3n) is 2.28. The molecule has 1 heterocycles. The maximum atomic E-state index is 11.3. The molecule has 8 heteroatoms. The lowest BCUT2D eigenvalue weighted by Gasteiger charge is -2.13. The number of hydrogen-bond donors (Lipinski definition) is 2. The molecular weight excluding hydrogens is 258 g/mol. The summed E-state index contributed by atoms with van der Waals surface area (Å²) in [5.74, 6) is -0.547. The summed E-state index contributed by atoms with van der Waals surface area (Å²) in [5, 5.41) is 0. The fourth-order valence-corrected chi connectivity index (χ4v) is 1.95. The van der Waals surface area contributed by atoms with Gasteiger partial charge in [0.05, 0.1) is 24.1 Å². The van der Waals surface area contributed by atoms with Crippen LogP contribution in [0.2, 0.25) is 0 Å². The Morgan fingerprint density at radius 3 is 2.67 bits per heavy atom. The highest BCUT2D eigenvalue weighted by atomic mass is 32.2. The van der Waals surface area contributed by atoms with Gasteiger partial charge in [0.15, 0.2) is 5.75 Å². The summed E-state index contributed by atoms with van der Waals surface area (Å²) in [6.07, 6.45) is 5.40. The van der Waals surface area contributed by atoms with Gasteiger partial charge in [-0.3, -0.25) is 14.5 Å². The van der Waals surface area contributed by atoms with Crippen LogP contribution in [0.4, 0.5) is 5.69 Å². The van der Waals surface area contributed by atoms with Gasteiger partial charge in [-0.25, -0.2) is 8.42 Å². The zero-order chi connectivity index (χ0) is 13.3. The van der Waals surface area contributed by atoms with E-state index >= 15 is 0 Å². The van der Waals surface area contributed by atoms with Crippen LogP contribution in [0.5, 0.6) is 5.75 Å². The van der Waals surface area contributed by atoms with Gasteiger partial charge < -0.3 is 10.5 Å². The predicted molar refractivity (Wildman–Crippen MR) is 64.9 cm³/mol. The van der Waals surface area contributed by atoms with Crippen LogP contribution in [0.1, 0.15) is 23.2 Å². The molecule has 0 spiro atoms. The lowest BCUT2D eigenvalue weighted by atomic mass is 10.2. The Kier molecular flexibility index (Phi) is 3.12. The molecule has 1 fully saturated rings. The second-order valence-corrected chi connectivity index (χ2v) is 5.86. The summed E-state index contributed by atoms with van der Waals surface area (Å²) < 4.78 is 30.3. The average Bonchev–Trinajstić information content (AvgIpc) is 3.02. The van der Waals surface area contributed by atoms with E-state index in [4.69, 9.17) is 10.5 Å². The van der Waals surface area contributed by atoms with E-state index in [1.54, 1.807) is 0 Å². The van der Waals surface area contributed by atoms with E-state index in [0.717, 1.165) is 19.1 Å². The Hall–Kier alpha value is -1.83. The van der Waals surface area contributed by atoms with Crippen molar-refractivity contribution in [3.63, 3.8) is 0 Å². The minimum Gasteiger partial charge on any atom is -0.487 e. The molecule has 0 aliphatic heterocycles. The highest BCUT2D eigenvalue weighted by Crippen LogP contribution is 2.33. The van der Waals surface area contributed by atoms with Gasteiger partial charge in [-0.15, -0.1) is 0 Å². The van der Waals surface area contributed by atoms with E-state index in [0.29, 0.717) is 0 Å². The first kappa shape index (κ1) is 12.6. The van der Waals surface area contributed by atoms with E-state index in [2.05, 4.69) is 9.71 Å². The highest BCUT2D eigenvalue weighted by Gasteiger charge is 2.26. The van der Waals surface area contributed by atoms with Crippen LogP contribution in [-0.4, -0.2) is 31.7 Å². The number of carbonyl (C=O) groups is 1. The van der Waals surface area contributed by atoms with Gasteiger partial charge in [0.25, 0.3) is 5.91 Å². The number of anilines is 1. The minimum atomic E-state index is -3.54. The van der Waals surface area contributed by atoms with Crippen molar-refractivity contribution >= 4 is 21.6 Å². The largest absolute Gasteiger partial charge is 0.487 e. The van der Waals surface area contributed by atoms with E-state index in [1.807, 2.05) is 0 Å². The lowest BCUT2D eigenvalue weighted by Crippen LogP contribution is -2.19. The first-order valence-electron chi connectivity index (χ1n) is 5.29. The van der Waals surface area contributed by atoms with Crippen LogP contribution in [0.25, 0.3) is 0 Å². The summed E-state index contributed by atoms with van der Waals surface area (Å²) >= 11 is 0. The van der Waals surface area contributed by atoms with Crippen LogP contribution in [0, 0.1) is 0 Å². The molecule has 98 valence electrons. The van der Waals surface area contributed by atoms with Crippen LogP contribution in [0.15, 0.2) is 12.4 Å². The van der Waals surface area contributed by atoms with Crippen molar-refractivity contribution in [2.75, 3.05) is 11.0 Å². The molecule has 1 aromatic heterocycles. The number of aromatic nitrogens is 1. The summed E-state index contributed by atoms with van der Waals surface area (Å²) in [5.41, 5.74) is 5.21. The molecule has 1 aliphatic carbocycles. The molecule has 3 N–H and O–H groups in total. The maximum absolute atomic E-state index is 11.3. The first-order chi connectivity index (χ1) is 8.37. The van der Waals surface area contributed by atoms with Gasteiger partial charge in [-0.2, -0.15) is 0 Å². The molecule has 0 bridgehead atoms. The number of ether oxygens (including phenoxy) is 1. The van der Waals surface area contributed by atoms with Gasteiger partial charge in [0.1, 0.15) is 5.69 Å². The molecule has 1 saturated carbocycles. The SMILES string of the molecule is CS(=O)(=O)Nc1c(OC2CC2)cncc1C(N)=O. The Labute approximate surface area is 104 Å². The van der Waals surface area contributed by atoms with Crippen molar-refractivity contribution in [1.29, 1.82) is 0 Å². The normalized spacial score (nSPS) is 15.2. The van der Waals surface area contributed by atoms with Crippen molar-refractivity contribution in [2.45, 2.75) is 18.9 Å². The average molecular weight is 271 g/mol. The smallest absolute Gasteiger partial charge is 0.252 e. The third kappa shape index (κ3) is 3.10. The summed E-state index contributed by atoms with van der Waals surface area (Å²) in [6.45, 7) is 0. The highest BCUT2D eigenvalue weighted by molar-refractivity contribution is 7.92. The number of amides is 1. The number of hydrogen-bond acceptors (Lipinski definition) is 5. The number of nitrogens with one attached hydrogen (secondary N) is 1. The van der Waals surface area contributed by atoms with Gasteiger partial charge in [-0.05, 0) is 12.8 Å². The van der Waals surface area contributed by atoms with Crippen LogP contribution >= 0.6 is 0 Å². The lowest BCUT2D eigenvalue weighted by molar-refractivity contribution is 0.100. The molecule has 0 radical (unpaired) electrons. The monoisotopic (exact) mass is 271 g/mol. The van der Waals surface area contributed by atoms with E-state index in [1.165, 1.54) is 12.4 Å². The summed E-state index contributed by atoms with van der Waals surface area (Å²) in [4.78, 5) is 15.1. The molecule has 1 aliphatic rings. The maximum Gasteiger partial charge on any atom is 0.252 e. The van der Waals surface area contributed by atoms with Gasteiger partial charge in [0, 0.05) is 6.20 Å². The molecule has 0 saturated heterocycles. The van der Waals surface area contributed by atoms with Gasteiger partial charge in [-0.1, -0.05) is 0 Å². The Morgan fingerprint density at radius 1 is 1.50 bits per heavy atom. The molecule has 18 heavy (non-hydrogen) atoms. The van der Waals surface area contributed by atoms with Crippen molar-refractivity contribution in [3.05, 3.63) is 18.0 Å². The Morgan fingerprint density at radius 2 is 2.17 bits per heavy atom. The van der Waals surface area contributed by atoms with Crippen molar-refractivity contribution in [3.8, 4) is 5.75 Å². The van der Waals surface area contributed by atoms with Crippen molar-refractivity contribution in [1.82, 2.24) is 4.98 Å². The minimum absolute atomic E-state index is 0.0152. The van der Waals surface area contributed by atoms with Crippen LogP contribution in [0.3, 0.4) is 0 Å². The molecule has 0 unspecified atom stereocenters. The van der Waals surface area contributed by atoms with Gasteiger partial charge in [0.2, 0.25) is 10.0 Å². The molecule has 0 atom stereocenters. The van der Waals surface area contributed by atoms with Gasteiger partial charge >= 0.3 is 0 Å². The number of carbonyl (C=O) groups excluding carboxylic acids is 1. The van der Waals surface area contributed by atoms with Crippen LogP contribution < -0.4 is 15.2 Å². The Balaban J connectivity index is 2.43. The van der Waals surface area contributed by atoms with E-state index in [-0.39, 0.29) is 23.1 Å². The number of pyridine rings is 1. The molecular formula is C10H13N3O4S. The number of nitrogens with two attached hydrogens (primary N) is 1. The second-order valence-electron chi connectivity index (χ2n) is 4.12. The molecule has 7 nitrogen and oxygen atoms in total. The first-order valence-corrected chi connectivity index (χ1v) is 7.18. The number of nitrogens with zero attached hydrogens (tertiary/aromatic N) is 1. The number of sulfonamides is 1. The number of primary amides is 1. The molecule has 0 aromatic carbocycles. The second kappa shape index (κ2) is 4.45. The molecule has 1 amide bonds. The molecule has 2 rings (SSSR count). The topological polar surface area (TPSA) is 111 Å². The fraction of sp³-hybridized carbons (Fsp3) is 0.400. The fourth-order valence-electron chi connectivity index (χ4n) is 1.37. The summed E-state index contributed by atoms with van der Waals surface area (Å²) in [7, 11) is -3.54. The molecule has 1 aromatic rings. The quantitative estimate of drug-likeness (QED) is 0.788. The Bertz CT molecular complexity index is 581. The zero-order valence-electron chi connectivity index (χ0n) is 9.71. The van der Waals surface area contributed by atoms with Crippen LogP contribution in [-0.2, 0) is 10.0 Å². The van der Waals surface area contributed by atoms with Crippen molar-refractivity contribution in [2.24, 2.45) is 5.73 Å². The third-order valence-corrected chi connectivity index (χ3v) is 2.86. The zero-order valence-corrected chi connectivity index (χ0v) is 10.5. The van der Waals surface area contributed by atoms with E-state index in [9.17, 15) is 13.2 Å². The summed E-state index contributed by atoms with van der Waals surface area (Å²) in [6, 6.07) is 0. The predicted octanol–water partition coefficient (Wildman–Crippen LogP) is 0.0932. The standard InChI is InChI=1S/C10H13N3O4S/c1-18(15,16)13-9-7(10(11)14)4-12-5-8(9)17-6-2-3-6/h4-6H,2-3H2,1H3,(H2,11,14)(H,12,13). The number of rotatable bonds is 5.